The Hall–Kier alpha value is -0.690. The third-order valence-electron chi connectivity index (χ3n) is 3.17. The summed E-state index contributed by atoms with van der Waals surface area (Å²) in [6.45, 7) is 4.88. The molecule has 0 aliphatic heterocycles. The highest BCUT2D eigenvalue weighted by Crippen LogP contribution is 2.04. The van der Waals surface area contributed by atoms with Gasteiger partial charge in [-0.25, -0.2) is 0 Å². The minimum Gasteiger partial charge on any atom is -0.395 e. The molecular formula is C14H29NO5. The molecule has 3 N–H and O–H groups in total. The largest absolute Gasteiger partial charge is 0.395 e. The lowest BCUT2D eigenvalue weighted by Gasteiger charge is -2.22. The monoisotopic (exact) mass is 291 g/mol. The summed E-state index contributed by atoms with van der Waals surface area (Å²) < 4.78 is 5.29. The fourth-order valence-corrected chi connectivity index (χ4v) is 1.65. The molecule has 0 aromatic rings. The van der Waals surface area contributed by atoms with Gasteiger partial charge in [-0.05, 0) is 19.3 Å². The highest BCUT2D eigenvalue weighted by atomic mass is 16.5. The summed E-state index contributed by atoms with van der Waals surface area (Å²) >= 11 is 0. The Morgan fingerprint density at radius 3 is 2.35 bits per heavy atom. The van der Waals surface area contributed by atoms with Gasteiger partial charge in [-0.15, -0.1) is 0 Å². The topological polar surface area (TPSA) is 90.2 Å². The second-order valence-corrected chi connectivity index (χ2v) is 4.84. The number of nitrogens with zero attached hydrogens (tertiary/aromatic N) is 1. The van der Waals surface area contributed by atoms with Gasteiger partial charge in [0.2, 0.25) is 5.91 Å². The molecule has 20 heavy (non-hydrogen) atoms. The van der Waals surface area contributed by atoms with Gasteiger partial charge in [-0.1, -0.05) is 13.8 Å². The van der Waals surface area contributed by atoms with E-state index in [1.807, 2.05) is 13.8 Å². The molecule has 0 bridgehead atoms. The van der Waals surface area contributed by atoms with E-state index < -0.39 is 12.2 Å². The van der Waals surface area contributed by atoms with Crippen molar-refractivity contribution in [3.05, 3.63) is 0 Å². The Balaban J connectivity index is 3.98. The number of hydrogen-bond acceptors (Lipinski definition) is 5. The van der Waals surface area contributed by atoms with E-state index in [9.17, 15) is 15.0 Å². The normalized spacial score (nSPS) is 14.1. The van der Waals surface area contributed by atoms with Crippen LogP contribution in [0.1, 0.15) is 39.5 Å². The van der Waals surface area contributed by atoms with Crippen molar-refractivity contribution < 1.29 is 24.9 Å². The maximum Gasteiger partial charge on any atom is 0.222 e. The predicted octanol–water partition coefficient (Wildman–Crippen LogP) is 0.146. The number of rotatable bonds is 12. The molecular weight excluding hydrogens is 262 g/mol. The van der Waals surface area contributed by atoms with E-state index in [0.717, 1.165) is 0 Å². The lowest BCUT2D eigenvalue weighted by molar-refractivity contribution is -0.133. The highest BCUT2D eigenvalue weighted by molar-refractivity contribution is 5.76. The van der Waals surface area contributed by atoms with Crippen LogP contribution in [-0.4, -0.2) is 71.2 Å². The first-order valence-corrected chi connectivity index (χ1v) is 7.37. The van der Waals surface area contributed by atoms with E-state index in [-0.39, 0.29) is 32.1 Å². The molecule has 1 amide bonds. The van der Waals surface area contributed by atoms with Crippen molar-refractivity contribution >= 4 is 5.91 Å². The minimum atomic E-state index is -0.475. The average molecular weight is 291 g/mol. The van der Waals surface area contributed by atoms with Gasteiger partial charge >= 0.3 is 0 Å². The Morgan fingerprint density at radius 2 is 1.80 bits per heavy atom. The second kappa shape index (κ2) is 12.1. The Morgan fingerprint density at radius 1 is 1.15 bits per heavy atom. The summed E-state index contributed by atoms with van der Waals surface area (Å²) in [6, 6.07) is 0. The van der Waals surface area contributed by atoms with Gasteiger partial charge in [0.15, 0.2) is 0 Å². The van der Waals surface area contributed by atoms with Gasteiger partial charge < -0.3 is 25.0 Å². The summed E-state index contributed by atoms with van der Waals surface area (Å²) in [5.74, 6) is -0.0915. The Bertz CT molecular complexity index is 250. The number of aliphatic hydroxyl groups is 3. The van der Waals surface area contributed by atoms with Crippen LogP contribution >= 0.6 is 0 Å². The Labute approximate surface area is 121 Å². The van der Waals surface area contributed by atoms with Crippen molar-refractivity contribution in [1.29, 1.82) is 0 Å². The van der Waals surface area contributed by atoms with E-state index in [1.54, 1.807) is 0 Å². The molecule has 0 radical (unpaired) electrons. The first-order chi connectivity index (χ1) is 9.54. The smallest absolute Gasteiger partial charge is 0.222 e. The number of aliphatic hydroxyl groups excluding tert-OH is 3. The first-order valence-electron chi connectivity index (χ1n) is 7.37. The van der Waals surface area contributed by atoms with Crippen LogP contribution in [0.3, 0.4) is 0 Å². The first kappa shape index (κ1) is 19.3. The number of amides is 1. The van der Waals surface area contributed by atoms with E-state index >= 15 is 0 Å². The molecule has 0 saturated carbocycles. The van der Waals surface area contributed by atoms with Gasteiger partial charge in [0, 0.05) is 19.5 Å². The molecule has 0 aliphatic carbocycles. The van der Waals surface area contributed by atoms with Crippen LogP contribution in [0, 0.1) is 0 Å². The number of carbonyl (C=O) groups excluding carboxylic acids is 1. The van der Waals surface area contributed by atoms with Crippen molar-refractivity contribution in [3.8, 4) is 0 Å². The third kappa shape index (κ3) is 9.25. The molecule has 6 nitrogen and oxygen atoms in total. The van der Waals surface area contributed by atoms with E-state index in [4.69, 9.17) is 9.84 Å². The quantitative estimate of drug-likeness (QED) is 0.445. The molecule has 0 spiro atoms. The fraction of sp³-hybridized carbons (Fsp3) is 0.929. The van der Waals surface area contributed by atoms with E-state index in [2.05, 4.69) is 0 Å². The van der Waals surface area contributed by atoms with Gasteiger partial charge in [-0.2, -0.15) is 0 Å². The maximum atomic E-state index is 11.9. The summed E-state index contributed by atoms with van der Waals surface area (Å²) in [4.78, 5) is 13.5. The number of hydrogen-bond donors (Lipinski definition) is 3. The summed E-state index contributed by atoms with van der Waals surface area (Å²) in [6.07, 6.45) is 1.04. The molecule has 6 heteroatoms. The summed E-state index contributed by atoms with van der Waals surface area (Å²) in [5, 5.41) is 27.8. The van der Waals surface area contributed by atoms with Crippen LogP contribution in [0.15, 0.2) is 0 Å². The molecule has 0 fully saturated rings. The zero-order chi connectivity index (χ0) is 15.4. The number of ether oxygens (including phenoxy) is 1. The van der Waals surface area contributed by atoms with Crippen molar-refractivity contribution in [2.24, 2.45) is 0 Å². The van der Waals surface area contributed by atoms with E-state index in [0.29, 0.717) is 32.4 Å². The molecule has 0 aromatic carbocycles. The van der Waals surface area contributed by atoms with Gasteiger partial charge in [0.05, 0.1) is 32.0 Å². The zero-order valence-corrected chi connectivity index (χ0v) is 12.6. The highest BCUT2D eigenvalue weighted by Gasteiger charge is 2.14. The van der Waals surface area contributed by atoms with Gasteiger partial charge in [-0.3, -0.25) is 4.79 Å². The third-order valence-corrected chi connectivity index (χ3v) is 3.17. The zero-order valence-electron chi connectivity index (χ0n) is 12.6. The van der Waals surface area contributed by atoms with Crippen molar-refractivity contribution in [2.45, 2.75) is 51.7 Å². The molecule has 2 unspecified atom stereocenters. The summed E-state index contributed by atoms with van der Waals surface area (Å²) in [5.41, 5.74) is 0. The molecule has 0 saturated heterocycles. The fourth-order valence-electron chi connectivity index (χ4n) is 1.65. The van der Waals surface area contributed by atoms with Crippen LogP contribution in [0.2, 0.25) is 0 Å². The van der Waals surface area contributed by atoms with Crippen LogP contribution < -0.4 is 0 Å². The molecule has 0 heterocycles. The Kier molecular flexibility index (Phi) is 11.7. The minimum absolute atomic E-state index is 0.0915. The van der Waals surface area contributed by atoms with Gasteiger partial charge in [0.25, 0.3) is 0 Å². The SMILES string of the molecule is CCC(O)CCC(=O)N(CCO)CCOCC(O)CC. The van der Waals surface area contributed by atoms with Crippen LogP contribution in [0.4, 0.5) is 0 Å². The molecule has 0 rings (SSSR count). The lowest BCUT2D eigenvalue weighted by Crippen LogP contribution is -2.37. The summed E-state index contributed by atoms with van der Waals surface area (Å²) in [7, 11) is 0. The van der Waals surface area contributed by atoms with Crippen molar-refractivity contribution in [1.82, 2.24) is 4.90 Å². The standard InChI is InChI=1S/C14H29NO5/c1-3-12(17)5-6-14(19)15(7-9-16)8-10-20-11-13(18)4-2/h12-13,16-18H,3-11H2,1-2H3. The second-order valence-electron chi connectivity index (χ2n) is 4.84. The van der Waals surface area contributed by atoms with E-state index in [1.165, 1.54) is 4.90 Å². The van der Waals surface area contributed by atoms with Gasteiger partial charge in [0.1, 0.15) is 0 Å². The molecule has 0 aliphatic rings. The maximum absolute atomic E-state index is 11.9. The molecule has 0 aromatic heterocycles. The van der Waals surface area contributed by atoms with Crippen LogP contribution in [-0.2, 0) is 9.53 Å². The predicted molar refractivity (Wildman–Crippen MR) is 76.3 cm³/mol. The molecule has 120 valence electrons. The van der Waals surface area contributed by atoms with Crippen molar-refractivity contribution in [3.63, 3.8) is 0 Å². The van der Waals surface area contributed by atoms with Crippen molar-refractivity contribution in [2.75, 3.05) is 32.9 Å². The average Bonchev–Trinajstić information content (AvgIpc) is 2.46. The number of carbonyl (C=O) groups is 1. The lowest BCUT2D eigenvalue weighted by atomic mass is 10.1. The van der Waals surface area contributed by atoms with Crippen LogP contribution in [0.5, 0.6) is 0 Å². The van der Waals surface area contributed by atoms with Crippen LogP contribution in [0.25, 0.3) is 0 Å². The molecule has 2 atom stereocenters.